The zero-order valence-corrected chi connectivity index (χ0v) is 7.27. The summed E-state index contributed by atoms with van der Waals surface area (Å²) in [6.07, 6.45) is 8.93. The van der Waals surface area contributed by atoms with Crippen molar-refractivity contribution in [3.63, 3.8) is 0 Å². The number of allylic oxidation sites excluding steroid dienone is 4. The van der Waals surface area contributed by atoms with E-state index < -0.39 is 0 Å². The molecule has 0 saturated heterocycles. The van der Waals surface area contributed by atoms with Gasteiger partial charge >= 0.3 is 0 Å². The van der Waals surface area contributed by atoms with Gasteiger partial charge in [0.15, 0.2) is 0 Å². The van der Waals surface area contributed by atoms with Gasteiger partial charge < -0.3 is 5.21 Å². The van der Waals surface area contributed by atoms with E-state index in [4.69, 9.17) is 5.21 Å². The van der Waals surface area contributed by atoms with Crippen LogP contribution in [0.1, 0.15) is 6.42 Å². The lowest BCUT2D eigenvalue weighted by molar-refractivity contribution is 0.319. The molecule has 0 atom stereocenters. The van der Waals surface area contributed by atoms with Crippen molar-refractivity contribution in [3.8, 4) is 0 Å². The van der Waals surface area contributed by atoms with Gasteiger partial charge in [-0.2, -0.15) is 11.8 Å². The first-order chi connectivity index (χ1) is 5.38. The van der Waals surface area contributed by atoms with Crippen molar-refractivity contribution >= 4 is 17.5 Å². The Hall–Kier alpha value is -0.700. The molecule has 0 aliphatic heterocycles. The van der Waals surface area contributed by atoms with Crippen LogP contribution in [-0.4, -0.2) is 22.9 Å². The van der Waals surface area contributed by atoms with E-state index in [9.17, 15) is 0 Å². The standard InChI is InChI=1S/C8H11NOS/c1-11-6-8(9-10)7-4-2-3-5-7/h2-4,10H,5-6H2,1H3/b9-8+. The number of rotatable bonds is 3. The summed E-state index contributed by atoms with van der Waals surface area (Å²) >= 11 is 1.66. The molecule has 60 valence electrons. The lowest BCUT2D eigenvalue weighted by Gasteiger charge is -2.01. The van der Waals surface area contributed by atoms with Gasteiger partial charge in [-0.25, -0.2) is 0 Å². The number of thioether (sulfide) groups is 1. The topological polar surface area (TPSA) is 32.6 Å². The van der Waals surface area contributed by atoms with E-state index in [1.165, 1.54) is 0 Å². The minimum Gasteiger partial charge on any atom is -0.411 e. The van der Waals surface area contributed by atoms with E-state index in [1.807, 2.05) is 18.4 Å². The van der Waals surface area contributed by atoms with Crippen molar-refractivity contribution in [2.24, 2.45) is 5.16 Å². The highest BCUT2D eigenvalue weighted by Crippen LogP contribution is 2.14. The maximum absolute atomic E-state index is 8.62. The van der Waals surface area contributed by atoms with Crippen molar-refractivity contribution in [2.45, 2.75) is 6.42 Å². The van der Waals surface area contributed by atoms with Crippen molar-refractivity contribution in [1.29, 1.82) is 0 Å². The molecule has 11 heavy (non-hydrogen) atoms. The molecule has 1 aliphatic rings. The predicted octanol–water partition coefficient (Wildman–Crippen LogP) is 2.07. The van der Waals surface area contributed by atoms with Crippen molar-refractivity contribution in [2.75, 3.05) is 12.0 Å². The highest BCUT2D eigenvalue weighted by atomic mass is 32.2. The van der Waals surface area contributed by atoms with Crippen LogP contribution in [-0.2, 0) is 0 Å². The molecule has 0 bridgehead atoms. The first-order valence-electron chi connectivity index (χ1n) is 3.44. The van der Waals surface area contributed by atoms with Crippen molar-refractivity contribution in [1.82, 2.24) is 0 Å². The van der Waals surface area contributed by atoms with Gasteiger partial charge in [-0.05, 0) is 18.2 Å². The van der Waals surface area contributed by atoms with Crippen LogP contribution in [0.25, 0.3) is 0 Å². The van der Waals surface area contributed by atoms with Crippen LogP contribution in [0.15, 0.2) is 29.0 Å². The molecule has 0 spiro atoms. The second kappa shape index (κ2) is 4.23. The lowest BCUT2D eigenvalue weighted by Crippen LogP contribution is -2.04. The average molecular weight is 169 g/mol. The first-order valence-corrected chi connectivity index (χ1v) is 4.84. The summed E-state index contributed by atoms with van der Waals surface area (Å²) in [6, 6.07) is 0. The molecule has 0 amide bonds. The minimum atomic E-state index is 0.782. The number of oxime groups is 1. The zero-order chi connectivity index (χ0) is 8.10. The number of hydrogen-bond acceptors (Lipinski definition) is 3. The molecule has 0 unspecified atom stereocenters. The maximum Gasteiger partial charge on any atom is 0.0929 e. The molecule has 3 heteroatoms. The van der Waals surface area contributed by atoms with E-state index in [0.717, 1.165) is 23.5 Å². The lowest BCUT2D eigenvalue weighted by atomic mass is 10.1. The molecule has 1 rings (SSSR count). The highest BCUT2D eigenvalue weighted by Gasteiger charge is 2.07. The van der Waals surface area contributed by atoms with Crippen molar-refractivity contribution < 1.29 is 5.21 Å². The van der Waals surface area contributed by atoms with Gasteiger partial charge in [0.2, 0.25) is 0 Å². The van der Waals surface area contributed by atoms with Crippen LogP contribution in [0.2, 0.25) is 0 Å². The third-order valence-corrected chi connectivity index (χ3v) is 2.11. The van der Waals surface area contributed by atoms with Gasteiger partial charge in [-0.15, -0.1) is 0 Å². The van der Waals surface area contributed by atoms with Gasteiger partial charge in [0, 0.05) is 5.75 Å². The van der Waals surface area contributed by atoms with E-state index in [1.54, 1.807) is 11.8 Å². The third-order valence-electron chi connectivity index (χ3n) is 1.54. The van der Waals surface area contributed by atoms with Gasteiger partial charge in [0.25, 0.3) is 0 Å². The summed E-state index contributed by atoms with van der Waals surface area (Å²) in [4.78, 5) is 0. The molecule has 0 aromatic rings. The Morgan fingerprint density at radius 2 is 2.64 bits per heavy atom. The fraction of sp³-hybridized carbons (Fsp3) is 0.375. The predicted molar refractivity (Wildman–Crippen MR) is 49.4 cm³/mol. The van der Waals surface area contributed by atoms with Crippen LogP contribution in [0.4, 0.5) is 0 Å². The van der Waals surface area contributed by atoms with Crippen molar-refractivity contribution in [3.05, 3.63) is 23.8 Å². The maximum atomic E-state index is 8.62. The fourth-order valence-corrected chi connectivity index (χ4v) is 1.50. The monoisotopic (exact) mass is 169 g/mol. The van der Waals surface area contributed by atoms with E-state index in [0.29, 0.717) is 0 Å². The smallest absolute Gasteiger partial charge is 0.0929 e. The second-order valence-electron chi connectivity index (χ2n) is 2.30. The Labute approximate surface area is 70.7 Å². The summed E-state index contributed by atoms with van der Waals surface area (Å²) in [5.74, 6) is 0.782. The second-order valence-corrected chi connectivity index (χ2v) is 3.17. The summed E-state index contributed by atoms with van der Waals surface area (Å²) in [5.41, 5.74) is 1.92. The Bertz CT molecular complexity index is 218. The largest absolute Gasteiger partial charge is 0.411 e. The Balaban J connectivity index is 2.57. The third kappa shape index (κ3) is 2.12. The summed E-state index contributed by atoms with van der Waals surface area (Å²) < 4.78 is 0. The van der Waals surface area contributed by atoms with E-state index in [2.05, 4.69) is 11.2 Å². The first kappa shape index (κ1) is 8.40. The van der Waals surface area contributed by atoms with Crippen LogP contribution in [0.3, 0.4) is 0 Å². The number of hydrogen-bond donors (Lipinski definition) is 1. The molecule has 0 heterocycles. The fourth-order valence-electron chi connectivity index (χ4n) is 0.984. The molecule has 0 fully saturated rings. The molecule has 0 radical (unpaired) electrons. The van der Waals surface area contributed by atoms with Gasteiger partial charge in [0.05, 0.1) is 5.71 Å². The van der Waals surface area contributed by atoms with Crippen LogP contribution < -0.4 is 0 Å². The van der Waals surface area contributed by atoms with Gasteiger partial charge in [0.1, 0.15) is 0 Å². The summed E-state index contributed by atoms with van der Waals surface area (Å²) in [7, 11) is 0. The summed E-state index contributed by atoms with van der Waals surface area (Å²) in [6.45, 7) is 0. The Morgan fingerprint density at radius 1 is 1.82 bits per heavy atom. The van der Waals surface area contributed by atoms with Crippen LogP contribution in [0.5, 0.6) is 0 Å². The summed E-state index contributed by atoms with van der Waals surface area (Å²) in [5, 5.41) is 11.9. The molecular formula is C8H11NOS. The van der Waals surface area contributed by atoms with E-state index in [-0.39, 0.29) is 0 Å². The molecule has 2 nitrogen and oxygen atoms in total. The van der Waals surface area contributed by atoms with Crippen LogP contribution >= 0.6 is 11.8 Å². The normalized spacial score (nSPS) is 17.2. The Kier molecular flexibility index (Phi) is 3.23. The molecule has 0 aromatic carbocycles. The SMILES string of the molecule is CSC/C(=N\O)C1=CC=CC1. The molecule has 1 N–H and O–H groups in total. The molecular weight excluding hydrogens is 158 g/mol. The quantitative estimate of drug-likeness (QED) is 0.398. The average Bonchev–Trinajstić information content (AvgIpc) is 2.52. The highest BCUT2D eigenvalue weighted by molar-refractivity contribution is 7.99. The van der Waals surface area contributed by atoms with Crippen LogP contribution in [0, 0.1) is 0 Å². The zero-order valence-electron chi connectivity index (χ0n) is 6.45. The molecule has 1 aliphatic carbocycles. The number of nitrogens with zero attached hydrogens (tertiary/aromatic N) is 1. The minimum absolute atomic E-state index is 0.782. The van der Waals surface area contributed by atoms with Gasteiger partial charge in [-0.1, -0.05) is 23.4 Å². The molecule has 0 saturated carbocycles. The Morgan fingerprint density at radius 3 is 3.09 bits per heavy atom. The molecule has 0 aromatic heterocycles. The van der Waals surface area contributed by atoms with E-state index >= 15 is 0 Å². The van der Waals surface area contributed by atoms with Gasteiger partial charge in [-0.3, -0.25) is 0 Å².